The van der Waals surface area contributed by atoms with Crippen LogP contribution in [0.2, 0.25) is 0 Å². The maximum Gasteiger partial charge on any atom is 0.0602 e. The lowest BCUT2D eigenvalue weighted by Crippen LogP contribution is -2.37. The third kappa shape index (κ3) is 4.98. The van der Waals surface area contributed by atoms with E-state index in [-0.39, 0.29) is 29.6 Å². The molecule has 92 valence electrons. The summed E-state index contributed by atoms with van der Waals surface area (Å²) in [5.41, 5.74) is 0.206. The maximum absolute atomic E-state index is 8.99. The maximum atomic E-state index is 8.99. The second-order valence-corrected chi connectivity index (χ2v) is 6.25. The number of hydrogen-bond acceptors (Lipinski definition) is 2. The van der Waals surface area contributed by atoms with Crippen molar-refractivity contribution in [3.63, 3.8) is 0 Å². The molecule has 2 unspecified atom stereocenters. The summed E-state index contributed by atoms with van der Waals surface area (Å²) >= 11 is 0. The van der Waals surface area contributed by atoms with E-state index in [1.54, 1.807) is 0 Å². The average molecular weight is 216 g/mol. The first-order valence-corrected chi connectivity index (χ1v) is 5.87. The van der Waals surface area contributed by atoms with Gasteiger partial charge in [0.1, 0.15) is 0 Å². The highest BCUT2D eigenvalue weighted by molar-refractivity contribution is 4.79. The van der Waals surface area contributed by atoms with Crippen molar-refractivity contribution in [3.05, 3.63) is 0 Å². The number of aliphatic hydroxyl groups excluding tert-OH is 1. The van der Waals surface area contributed by atoms with Crippen LogP contribution in [-0.2, 0) is 4.74 Å². The zero-order chi connectivity index (χ0) is 12.3. The van der Waals surface area contributed by atoms with Gasteiger partial charge in [-0.05, 0) is 31.1 Å². The zero-order valence-electron chi connectivity index (χ0n) is 11.4. The number of rotatable bonds is 5. The van der Waals surface area contributed by atoms with Gasteiger partial charge in [-0.15, -0.1) is 0 Å². The van der Waals surface area contributed by atoms with E-state index >= 15 is 0 Å². The second-order valence-electron chi connectivity index (χ2n) is 6.25. The third-order valence-corrected chi connectivity index (χ3v) is 3.48. The molecule has 0 aliphatic heterocycles. The Kier molecular flexibility index (Phi) is 5.28. The fourth-order valence-corrected chi connectivity index (χ4v) is 1.19. The van der Waals surface area contributed by atoms with Gasteiger partial charge in [-0.25, -0.2) is 0 Å². The Morgan fingerprint density at radius 2 is 1.47 bits per heavy atom. The summed E-state index contributed by atoms with van der Waals surface area (Å²) in [4.78, 5) is 0. The SMILES string of the molecule is CC(OC(C)C(C)(C)CCO)C(C)(C)C. The van der Waals surface area contributed by atoms with Crippen molar-refractivity contribution in [2.45, 2.75) is 67.1 Å². The number of hydrogen-bond donors (Lipinski definition) is 1. The van der Waals surface area contributed by atoms with Crippen LogP contribution in [-0.4, -0.2) is 23.9 Å². The monoisotopic (exact) mass is 216 g/mol. The van der Waals surface area contributed by atoms with E-state index in [2.05, 4.69) is 48.5 Å². The summed E-state index contributed by atoms with van der Waals surface area (Å²) in [6, 6.07) is 0. The summed E-state index contributed by atoms with van der Waals surface area (Å²) in [6.45, 7) is 15.3. The molecule has 0 bridgehead atoms. The third-order valence-electron chi connectivity index (χ3n) is 3.48. The van der Waals surface area contributed by atoms with Crippen molar-refractivity contribution in [2.75, 3.05) is 6.61 Å². The minimum Gasteiger partial charge on any atom is -0.396 e. The van der Waals surface area contributed by atoms with Crippen molar-refractivity contribution in [1.82, 2.24) is 0 Å². The van der Waals surface area contributed by atoms with E-state index in [0.717, 1.165) is 6.42 Å². The van der Waals surface area contributed by atoms with Crippen molar-refractivity contribution >= 4 is 0 Å². The molecule has 0 aromatic heterocycles. The van der Waals surface area contributed by atoms with Gasteiger partial charge in [-0.2, -0.15) is 0 Å². The largest absolute Gasteiger partial charge is 0.396 e. The topological polar surface area (TPSA) is 29.5 Å². The molecule has 0 aromatic carbocycles. The Morgan fingerprint density at radius 1 is 1.00 bits per heavy atom. The number of aliphatic hydroxyl groups is 1. The molecule has 0 radical (unpaired) electrons. The fraction of sp³-hybridized carbons (Fsp3) is 1.00. The lowest BCUT2D eigenvalue weighted by atomic mass is 9.83. The first-order valence-electron chi connectivity index (χ1n) is 5.87. The summed E-state index contributed by atoms with van der Waals surface area (Å²) < 4.78 is 6.02. The van der Waals surface area contributed by atoms with Gasteiger partial charge in [0, 0.05) is 6.61 Å². The van der Waals surface area contributed by atoms with Gasteiger partial charge in [0.15, 0.2) is 0 Å². The standard InChI is InChI=1S/C13H28O2/c1-10(12(3,4)5)15-11(2)13(6,7)8-9-14/h10-11,14H,8-9H2,1-7H3. The van der Waals surface area contributed by atoms with Crippen LogP contribution in [0.25, 0.3) is 0 Å². The molecule has 1 N–H and O–H groups in total. The molecular weight excluding hydrogens is 188 g/mol. The molecule has 0 aliphatic carbocycles. The van der Waals surface area contributed by atoms with Crippen LogP contribution in [0, 0.1) is 10.8 Å². The van der Waals surface area contributed by atoms with Crippen molar-refractivity contribution in [3.8, 4) is 0 Å². The molecule has 0 saturated carbocycles. The van der Waals surface area contributed by atoms with Gasteiger partial charge >= 0.3 is 0 Å². The number of ether oxygens (including phenoxy) is 1. The smallest absolute Gasteiger partial charge is 0.0602 e. The predicted octanol–water partition coefficient (Wildman–Crippen LogP) is 3.23. The van der Waals surface area contributed by atoms with Crippen molar-refractivity contribution < 1.29 is 9.84 Å². The Hall–Kier alpha value is -0.0800. The van der Waals surface area contributed by atoms with Crippen LogP contribution in [0.1, 0.15) is 54.9 Å². The first-order chi connectivity index (χ1) is 6.61. The fourth-order valence-electron chi connectivity index (χ4n) is 1.19. The molecule has 0 aromatic rings. The molecule has 0 spiro atoms. The molecule has 0 heterocycles. The highest BCUT2D eigenvalue weighted by Crippen LogP contribution is 2.31. The van der Waals surface area contributed by atoms with E-state index in [4.69, 9.17) is 9.84 Å². The minimum absolute atomic E-state index is 0.0360. The first kappa shape index (κ1) is 14.9. The van der Waals surface area contributed by atoms with Gasteiger partial charge in [0.25, 0.3) is 0 Å². The van der Waals surface area contributed by atoms with Crippen molar-refractivity contribution in [2.24, 2.45) is 10.8 Å². The van der Waals surface area contributed by atoms with Crippen molar-refractivity contribution in [1.29, 1.82) is 0 Å². The van der Waals surface area contributed by atoms with Gasteiger partial charge in [-0.1, -0.05) is 34.6 Å². The van der Waals surface area contributed by atoms with E-state index in [9.17, 15) is 0 Å². The van der Waals surface area contributed by atoms with Gasteiger partial charge in [0.05, 0.1) is 12.2 Å². The zero-order valence-corrected chi connectivity index (χ0v) is 11.4. The summed E-state index contributed by atoms with van der Waals surface area (Å²) in [7, 11) is 0. The molecule has 0 amide bonds. The quantitative estimate of drug-likeness (QED) is 0.764. The molecule has 0 saturated heterocycles. The summed E-state index contributed by atoms with van der Waals surface area (Å²) in [6.07, 6.45) is 1.18. The highest BCUT2D eigenvalue weighted by Gasteiger charge is 2.30. The Morgan fingerprint density at radius 3 is 1.80 bits per heavy atom. The van der Waals surface area contributed by atoms with Crippen LogP contribution < -0.4 is 0 Å². The van der Waals surface area contributed by atoms with E-state index in [0.29, 0.717) is 0 Å². The highest BCUT2D eigenvalue weighted by atomic mass is 16.5. The van der Waals surface area contributed by atoms with Gasteiger partial charge in [-0.3, -0.25) is 0 Å². The van der Waals surface area contributed by atoms with E-state index in [1.807, 2.05) is 0 Å². The lowest BCUT2D eigenvalue weighted by Gasteiger charge is -2.37. The van der Waals surface area contributed by atoms with Gasteiger partial charge in [0.2, 0.25) is 0 Å². The van der Waals surface area contributed by atoms with E-state index in [1.165, 1.54) is 0 Å². The molecule has 0 fully saturated rings. The van der Waals surface area contributed by atoms with Gasteiger partial charge < -0.3 is 9.84 Å². The van der Waals surface area contributed by atoms with Crippen LogP contribution in [0.4, 0.5) is 0 Å². The summed E-state index contributed by atoms with van der Waals surface area (Å²) in [5.74, 6) is 0. The molecule has 2 nitrogen and oxygen atoms in total. The van der Waals surface area contributed by atoms with Crippen LogP contribution in [0.3, 0.4) is 0 Å². The molecule has 0 aliphatic rings. The normalized spacial score (nSPS) is 17.6. The van der Waals surface area contributed by atoms with Crippen LogP contribution >= 0.6 is 0 Å². The minimum atomic E-state index is 0.0360. The molecular formula is C13H28O2. The molecule has 2 atom stereocenters. The Bertz CT molecular complexity index is 179. The van der Waals surface area contributed by atoms with Crippen LogP contribution in [0.5, 0.6) is 0 Å². The van der Waals surface area contributed by atoms with E-state index < -0.39 is 0 Å². The average Bonchev–Trinajstić information content (AvgIpc) is 2.01. The molecule has 0 rings (SSSR count). The Balaban J connectivity index is 4.30. The predicted molar refractivity (Wildman–Crippen MR) is 64.9 cm³/mol. The molecule has 15 heavy (non-hydrogen) atoms. The molecule has 2 heteroatoms. The second kappa shape index (κ2) is 5.31. The Labute approximate surface area is 95.0 Å². The van der Waals surface area contributed by atoms with Crippen LogP contribution in [0.15, 0.2) is 0 Å². The summed E-state index contributed by atoms with van der Waals surface area (Å²) in [5, 5.41) is 8.99. The lowest BCUT2D eigenvalue weighted by molar-refractivity contribution is -0.0978.